The number of halogens is 1. The molecule has 0 radical (unpaired) electrons. The minimum atomic E-state index is -3.64. The average Bonchev–Trinajstić information content (AvgIpc) is 2.69. The lowest BCUT2D eigenvalue weighted by atomic mass is 10.1. The second-order valence-corrected chi connectivity index (χ2v) is 5.54. The van der Waals surface area contributed by atoms with Gasteiger partial charge in [0.25, 0.3) is 9.05 Å². The molecule has 0 amide bonds. The van der Waals surface area contributed by atoms with Gasteiger partial charge in [-0.25, -0.2) is 8.42 Å². The summed E-state index contributed by atoms with van der Waals surface area (Å²) in [5.74, 6) is 0. The Morgan fingerprint density at radius 2 is 1.67 bits per heavy atom. The fraction of sp³-hybridized carbons (Fsp3) is 0. The molecule has 0 saturated carbocycles. The van der Waals surface area contributed by atoms with Crippen LogP contribution < -0.4 is 0 Å². The summed E-state index contributed by atoms with van der Waals surface area (Å²) in [5, 5.41) is 0. The molecule has 0 atom stereocenters. The predicted molar refractivity (Wildman–Crippen MR) is 57.2 cm³/mol. The summed E-state index contributed by atoms with van der Waals surface area (Å²) in [6, 6.07) is 8.08. The Kier molecular flexibility index (Phi) is 2.54. The number of furan rings is 1. The lowest BCUT2D eigenvalue weighted by Crippen LogP contribution is -1.89. The molecular weight excluding hydrogens is 236 g/mol. The van der Waals surface area contributed by atoms with Gasteiger partial charge in [-0.2, -0.15) is 0 Å². The molecule has 0 bridgehead atoms. The van der Waals surface area contributed by atoms with Crippen molar-refractivity contribution in [3.63, 3.8) is 0 Å². The normalized spacial score (nSPS) is 11.5. The second kappa shape index (κ2) is 3.72. The minimum absolute atomic E-state index is 0.0939. The zero-order valence-electron chi connectivity index (χ0n) is 7.55. The summed E-state index contributed by atoms with van der Waals surface area (Å²) in [4.78, 5) is 0.0939. The molecule has 1 heterocycles. The van der Waals surface area contributed by atoms with E-state index in [0.29, 0.717) is 0 Å². The van der Waals surface area contributed by atoms with Gasteiger partial charge < -0.3 is 4.42 Å². The molecule has 1 aromatic heterocycles. The van der Waals surface area contributed by atoms with Crippen LogP contribution in [0.3, 0.4) is 0 Å². The van der Waals surface area contributed by atoms with Crippen LogP contribution in [-0.4, -0.2) is 8.42 Å². The maximum absolute atomic E-state index is 11.0. The van der Waals surface area contributed by atoms with Crippen molar-refractivity contribution in [3.05, 3.63) is 42.9 Å². The summed E-state index contributed by atoms with van der Waals surface area (Å²) in [7, 11) is 1.55. The quantitative estimate of drug-likeness (QED) is 0.761. The Labute approximate surface area is 91.7 Å². The zero-order chi connectivity index (χ0) is 10.9. The van der Waals surface area contributed by atoms with Crippen molar-refractivity contribution >= 4 is 19.7 Å². The molecule has 2 rings (SSSR count). The van der Waals surface area contributed by atoms with Crippen LogP contribution in [0, 0.1) is 0 Å². The third-order valence-electron chi connectivity index (χ3n) is 1.99. The largest absolute Gasteiger partial charge is 0.472 e. The molecule has 0 aliphatic heterocycles. The van der Waals surface area contributed by atoms with E-state index in [4.69, 9.17) is 15.1 Å². The van der Waals surface area contributed by atoms with E-state index in [2.05, 4.69) is 0 Å². The molecule has 0 saturated heterocycles. The van der Waals surface area contributed by atoms with Crippen molar-refractivity contribution < 1.29 is 12.8 Å². The van der Waals surface area contributed by atoms with Crippen molar-refractivity contribution in [1.82, 2.24) is 0 Å². The molecule has 1 aromatic carbocycles. The Morgan fingerprint density at radius 3 is 2.13 bits per heavy atom. The topological polar surface area (TPSA) is 47.3 Å². The molecule has 15 heavy (non-hydrogen) atoms. The van der Waals surface area contributed by atoms with E-state index in [9.17, 15) is 8.42 Å². The first-order valence-electron chi connectivity index (χ1n) is 4.15. The molecule has 78 valence electrons. The summed E-state index contributed by atoms with van der Waals surface area (Å²) in [6.45, 7) is 0. The Bertz CT molecular complexity index is 541. The van der Waals surface area contributed by atoms with Crippen LogP contribution in [0.4, 0.5) is 0 Å². The van der Waals surface area contributed by atoms with Crippen LogP contribution in [0.5, 0.6) is 0 Å². The molecule has 3 nitrogen and oxygen atoms in total. The van der Waals surface area contributed by atoms with Gasteiger partial charge in [-0.3, -0.25) is 0 Å². The second-order valence-electron chi connectivity index (χ2n) is 2.97. The molecule has 0 spiro atoms. The maximum Gasteiger partial charge on any atom is 0.261 e. The Hall–Kier alpha value is -1.26. The highest BCUT2D eigenvalue weighted by atomic mass is 35.7. The number of hydrogen-bond acceptors (Lipinski definition) is 3. The monoisotopic (exact) mass is 242 g/mol. The first kappa shape index (κ1) is 10.3. The van der Waals surface area contributed by atoms with Gasteiger partial charge in [0.15, 0.2) is 0 Å². The fourth-order valence-corrected chi connectivity index (χ4v) is 2.01. The third kappa shape index (κ3) is 2.22. The Balaban J connectivity index is 2.42. The van der Waals surface area contributed by atoms with Crippen LogP contribution in [0.1, 0.15) is 0 Å². The summed E-state index contributed by atoms with van der Waals surface area (Å²) in [5.41, 5.74) is 1.78. The van der Waals surface area contributed by atoms with Crippen molar-refractivity contribution in [2.45, 2.75) is 4.90 Å². The zero-order valence-corrected chi connectivity index (χ0v) is 9.12. The standard InChI is InChI=1S/C10H7ClO3S/c11-15(12,13)10-3-1-8(2-4-10)9-5-6-14-7-9/h1-7H. The SMILES string of the molecule is O=S(=O)(Cl)c1ccc(-c2ccoc2)cc1. The van der Waals surface area contributed by atoms with Gasteiger partial charge in [0.2, 0.25) is 0 Å². The van der Waals surface area contributed by atoms with Crippen LogP contribution in [0.15, 0.2) is 52.2 Å². The van der Waals surface area contributed by atoms with Crippen molar-refractivity contribution in [1.29, 1.82) is 0 Å². The third-order valence-corrected chi connectivity index (χ3v) is 3.36. The van der Waals surface area contributed by atoms with Gasteiger partial charge in [-0.05, 0) is 23.8 Å². The van der Waals surface area contributed by atoms with E-state index >= 15 is 0 Å². The van der Waals surface area contributed by atoms with Crippen LogP contribution in [-0.2, 0) is 9.05 Å². The van der Waals surface area contributed by atoms with E-state index in [1.54, 1.807) is 30.7 Å². The van der Waals surface area contributed by atoms with Crippen molar-refractivity contribution in [2.24, 2.45) is 0 Å². The molecule has 0 fully saturated rings. The highest BCUT2D eigenvalue weighted by Gasteiger charge is 2.09. The van der Waals surface area contributed by atoms with Crippen LogP contribution in [0.25, 0.3) is 11.1 Å². The van der Waals surface area contributed by atoms with E-state index in [1.807, 2.05) is 0 Å². The predicted octanol–water partition coefficient (Wildman–Crippen LogP) is 2.87. The smallest absolute Gasteiger partial charge is 0.261 e. The molecular formula is C10H7ClO3S. The van der Waals surface area contributed by atoms with Crippen molar-refractivity contribution in [3.8, 4) is 11.1 Å². The highest BCUT2D eigenvalue weighted by Crippen LogP contribution is 2.22. The average molecular weight is 243 g/mol. The number of benzene rings is 1. The van der Waals surface area contributed by atoms with E-state index < -0.39 is 9.05 Å². The van der Waals surface area contributed by atoms with Crippen LogP contribution in [0.2, 0.25) is 0 Å². The first-order chi connectivity index (χ1) is 7.07. The molecule has 0 unspecified atom stereocenters. The summed E-state index contributed by atoms with van der Waals surface area (Å²) < 4.78 is 26.9. The molecule has 5 heteroatoms. The van der Waals surface area contributed by atoms with Gasteiger partial charge in [-0.1, -0.05) is 12.1 Å². The maximum atomic E-state index is 11.0. The molecule has 0 N–H and O–H groups in total. The van der Waals surface area contributed by atoms with E-state index in [1.165, 1.54) is 12.1 Å². The highest BCUT2D eigenvalue weighted by molar-refractivity contribution is 8.13. The van der Waals surface area contributed by atoms with Crippen molar-refractivity contribution in [2.75, 3.05) is 0 Å². The summed E-state index contributed by atoms with van der Waals surface area (Å²) in [6.07, 6.45) is 3.14. The van der Waals surface area contributed by atoms with Gasteiger partial charge >= 0.3 is 0 Å². The number of rotatable bonds is 2. The van der Waals surface area contributed by atoms with E-state index in [-0.39, 0.29) is 4.90 Å². The Morgan fingerprint density at radius 1 is 1.00 bits per heavy atom. The van der Waals surface area contributed by atoms with Gasteiger partial charge in [0, 0.05) is 16.2 Å². The van der Waals surface area contributed by atoms with E-state index in [0.717, 1.165) is 11.1 Å². The first-order valence-corrected chi connectivity index (χ1v) is 6.45. The van der Waals surface area contributed by atoms with Crippen LogP contribution >= 0.6 is 10.7 Å². The fourth-order valence-electron chi connectivity index (χ4n) is 1.24. The minimum Gasteiger partial charge on any atom is -0.472 e. The van der Waals surface area contributed by atoms with Gasteiger partial charge in [0.05, 0.1) is 17.4 Å². The summed E-state index contributed by atoms with van der Waals surface area (Å²) >= 11 is 0. The molecule has 0 aliphatic rings. The number of hydrogen-bond donors (Lipinski definition) is 0. The molecule has 0 aliphatic carbocycles. The lowest BCUT2D eigenvalue weighted by molar-refractivity contribution is 0.568. The molecule has 2 aromatic rings. The van der Waals surface area contributed by atoms with Gasteiger partial charge in [-0.15, -0.1) is 0 Å². The van der Waals surface area contributed by atoms with Gasteiger partial charge in [0.1, 0.15) is 0 Å². The lowest BCUT2D eigenvalue weighted by Gasteiger charge is -1.98.